The van der Waals surface area contributed by atoms with Crippen molar-refractivity contribution in [3.8, 4) is 11.5 Å². The molecule has 0 radical (unpaired) electrons. The van der Waals surface area contributed by atoms with Crippen LogP contribution in [0.25, 0.3) is 0 Å². The predicted molar refractivity (Wildman–Crippen MR) is 114 cm³/mol. The van der Waals surface area contributed by atoms with Gasteiger partial charge in [-0.3, -0.25) is 0 Å². The van der Waals surface area contributed by atoms with Crippen molar-refractivity contribution in [2.24, 2.45) is 0 Å². The highest BCUT2D eigenvalue weighted by Gasteiger charge is 2.13. The van der Waals surface area contributed by atoms with E-state index in [1.54, 1.807) is 19.2 Å². The molecule has 2 N–H and O–H groups in total. The fraction of sp³-hybridized carbons (Fsp3) is 0.478. The number of aryl methyl sites for hydroxylation is 1. The summed E-state index contributed by atoms with van der Waals surface area (Å²) in [6, 6.07) is 10.9. The van der Waals surface area contributed by atoms with Crippen molar-refractivity contribution in [3.05, 3.63) is 58.9 Å². The van der Waals surface area contributed by atoms with Gasteiger partial charge in [0.1, 0.15) is 18.5 Å². The zero-order valence-corrected chi connectivity index (χ0v) is 18.0. The van der Waals surface area contributed by atoms with Crippen molar-refractivity contribution in [2.75, 3.05) is 27.3 Å². The molecule has 0 aliphatic rings. The van der Waals surface area contributed by atoms with Gasteiger partial charge in [-0.25, -0.2) is 4.39 Å². The second kappa shape index (κ2) is 11.1. The molecule has 0 amide bonds. The summed E-state index contributed by atoms with van der Waals surface area (Å²) in [5.41, 5.74) is 3.01. The largest absolute Gasteiger partial charge is 0.493 e. The zero-order valence-electron chi connectivity index (χ0n) is 18.0. The molecule has 0 aliphatic heterocycles. The number of nitrogens with one attached hydrogen (secondary N) is 1. The summed E-state index contributed by atoms with van der Waals surface area (Å²) in [6.07, 6.45) is -0.593. The summed E-state index contributed by atoms with van der Waals surface area (Å²) in [5.74, 6) is 0.994. The summed E-state index contributed by atoms with van der Waals surface area (Å²) in [4.78, 5) is 2.07. The summed E-state index contributed by atoms with van der Waals surface area (Å²) >= 11 is 0. The zero-order chi connectivity index (χ0) is 21.4. The highest BCUT2D eigenvalue weighted by molar-refractivity contribution is 5.43. The molecule has 29 heavy (non-hydrogen) atoms. The lowest BCUT2D eigenvalue weighted by molar-refractivity contribution is 0.0668. The first-order chi connectivity index (χ1) is 13.8. The highest BCUT2D eigenvalue weighted by Crippen LogP contribution is 2.28. The third-order valence-corrected chi connectivity index (χ3v) is 5.00. The standard InChI is InChI=1S/C23H33FN2O3/c1-16(2)26(4)14-21(27)15-29-23-10-18(7-9-22(23)28-5)12-25-13-19-11-20(24)8-6-17(19)3/h6-11,16,21,25,27H,12-15H2,1-5H3/t21-/m0/s1. The van der Waals surface area contributed by atoms with E-state index in [4.69, 9.17) is 9.47 Å². The van der Waals surface area contributed by atoms with Gasteiger partial charge in [-0.2, -0.15) is 0 Å². The first-order valence-corrected chi connectivity index (χ1v) is 9.94. The fourth-order valence-electron chi connectivity index (χ4n) is 2.90. The Hall–Kier alpha value is -2.15. The summed E-state index contributed by atoms with van der Waals surface area (Å²) in [5, 5.41) is 13.6. The Morgan fingerprint density at radius 3 is 2.55 bits per heavy atom. The van der Waals surface area contributed by atoms with Gasteiger partial charge in [-0.15, -0.1) is 0 Å². The summed E-state index contributed by atoms with van der Waals surface area (Å²) in [7, 11) is 3.57. The molecule has 0 saturated carbocycles. The third-order valence-electron chi connectivity index (χ3n) is 5.00. The molecule has 1 atom stereocenters. The maximum absolute atomic E-state index is 13.4. The van der Waals surface area contributed by atoms with Crippen LogP contribution in [0.4, 0.5) is 4.39 Å². The second-order valence-corrected chi connectivity index (χ2v) is 7.66. The van der Waals surface area contributed by atoms with Gasteiger partial charge in [0.2, 0.25) is 0 Å². The third kappa shape index (κ3) is 7.31. The van der Waals surface area contributed by atoms with E-state index in [1.807, 2.05) is 32.2 Å². The molecule has 0 unspecified atom stereocenters. The van der Waals surface area contributed by atoms with Crippen LogP contribution in [0, 0.1) is 12.7 Å². The van der Waals surface area contributed by atoms with Gasteiger partial charge in [-0.1, -0.05) is 12.1 Å². The van der Waals surface area contributed by atoms with E-state index in [9.17, 15) is 9.50 Å². The monoisotopic (exact) mass is 404 g/mol. The molecule has 0 aliphatic carbocycles. The van der Waals surface area contributed by atoms with Gasteiger partial charge in [0.05, 0.1) is 7.11 Å². The average molecular weight is 405 g/mol. The van der Waals surface area contributed by atoms with Crippen LogP contribution in [-0.4, -0.2) is 49.5 Å². The number of halogens is 1. The Kier molecular flexibility index (Phi) is 8.89. The Morgan fingerprint density at radius 2 is 1.86 bits per heavy atom. The molecule has 6 heteroatoms. The minimum absolute atomic E-state index is 0.187. The number of nitrogens with zero attached hydrogens (tertiary/aromatic N) is 1. The molecular weight excluding hydrogens is 371 g/mol. The van der Waals surface area contributed by atoms with Crippen LogP contribution in [0.5, 0.6) is 11.5 Å². The van der Waals surface area contributed by atoms with Gasteiger partial charge in [-0.05, 0) is 68.8 Å². The van der Waals surface area contributed by atoms with Gasteiger partial charge in [0.15, 0.2) is 11.5 Å². The van der Waals surface area contributed by atoms with Crippen LogP contribution in [0.2, 0.25) is 0 Å². The maximum Gasteiger partial charge on any atom is 0.161 e. The molecule has 160 valence electrons. The quantitative estimate of drug-likeness (QED) is 0.600. The van der Waals surface area contributed by atoms with Crippen LogP contribution >= 0.6 is 0 Å². The molecule has 0 spiro atoms. The van der Waals surface area contributed by atoms with Gasteiger partial charge in [0.25, 0.3) is 0 Å². The van der Waals surface area contributed by atoms with Gasteiger partial charge >= 0.3 is 0 Å². The minimum atomic E-state index is -0.593. The maximum atomic E-state index is 13.4. The van der Waals surface area contributed by atoms with E-state index >= 15 is 0 Å². The van der Waals surface area contributed by atoms with E-state index in [2.05, 4.69) is 24.1 Å². The SMILES string of the molecule is COc1ccc(CNCc2cc(F)ccc2C)cc1OC[C@@H](O)CN(C)C(C)C. The first kappa shape index (κ1) is 23.1. The fourth-order valence-corrected chi connectivity index (χ4v) is 2.90. The first-order valence-electron chi connectivity index (χ1n) is 9.94. The van der Waals surface area contributed by atoms with Crippen molar-refractivity contribution in [1.29, 1.82) is 0 Å². The van der Waals surface area contributed by atoms with E-state index in [-0.39, 0.29) is 12.4 Å². The van der Waals surface area contributed by atoms with Crippen LogP contribution in [0.3, 0.4) is 0 Å². The second-order valence-electron chi connectivity index (χ2n) is 7.66. The van der Waals surface area contributed by atoms with Gasteiger partial charge in [0, 0.05) is 25.7 Å². The molecule has 0 fully saturated rings. The molecule has 0 heterocycles. The van der Waals surface area contributed by atoms with Crippen molar-refractivity contribution in [3.63, 3.8) is 0 Å². The lowest BCUT2D eigenvalue weighted by atomic mass is 10.1. The molecule has 0 saturated heterocycles. The van der Waals surface area contributed by atoms with Crippen molar-refractivity contribution in [2.45, 2.75) is 46.0 Å². The van der Waals surface area contributed by atoms with Crippen LogP contribution in [-0.2, 0) is 13.1 Å². The van der Waals surface area contributed by atoms with E-state index < -0.39 is 6.10 Å². The number of aliphatic hydroxyl groups is 1. The number of methoxy groups -OCH3 is 1. The molecule has 5 nitrogen and oxygen atoms in total. The predicted octanol–water partition coefficient (Wildman–Crippen LogP) is 3.51. The molecule has 2 aromatic carbocycles. The summed E-state index contributed by atoms with van der Waals surface area (Å²) < 4.78 is 24.6. The molecule has 2 aromatic rings. The van der Waals surface area contributed by atoms with Crippen LogP contribution in [0.1, 0.15) is 30.5 Å². The lowest BCUT2D eigenvalue weighted by Crippen LogP contribution is -2.37. The number of ether oxygens (including phenoxy) is 2. The topological polar surface area (TPSA) is 54.0 Å². The number of hydrogen-bond acceptors (Lipinski definition) is 5. The Balaban J connectivity index is 1.94. The number of benzene rings is 2. The number of likely N-dealkylation sites (N-methyl/N-ethyl adjacent to an activating group) is 1. The van der Waals surface area contributed by atoms with Crippen molar-refractivity contribution in [1.82, 2.24) is 10.2 Å². The van der Waals surface area contributed by atoms with Crippen molar-refractivity contribution < 1.29 is 19.0 Å². The van der Waals surface area contributed by atoms with E-state index in [0.29, 0.717) is 37.2 Å². The van der Waals surface area contributed by atoms with Gasteiger partial charge < -0.3 is 24.8 Å². The van der Waals surface area contributed by atoms with E-state index in [0.717, 1.165) is 16.7 Å². The molecular formula is C23H33FN2O3. The number of aliphatic hydroxyl groups excluding tert-OH is 1. The average Bonchev–Trinajstić information content (AvgIpc) is 2.69. The highest BCUT2D eigenvalue weighted by atomic mass is 19.1. The van der Waals surface area contributed by atoms with E-state index in [1.165, 1.54) is 6.07 Å². The molecule has 0 bridgehead atoms. The van der Waals surface area contributed by atoms with Crippen LogP contribution < -0.4 is 14.8 Å². The number of hydrogen-bond donors (Lipinski definition) is 2. The Morgan fingerprint density at radius 1 is 1.10 bits per heavy atom. The normalized spacial score (nSPS) is 12.4. The molecule has 2 rings (SSSR count). The number of rotatable bonds is 11. The smallest absolute Gasteiger partial charge is 0.161 e. The lowest BCUT2D eigenvalue weighted by Gasteiger charge is -2.24. The van der Waals surface area contributed by atoms with Crippen LogP contribution in [0.15, 0.2) is 36.4 Å². The Bertz CT molecular complexity index is 783. The summed E-state index contributed by atoms with van der Waals surface area (Å²) in [6.45, 7) is 8.04. The molecule has 0 aromatic heterocycles. The van der Waals surface area contributed by atoms with Crippen molar-refractivity contribution >= 4 is 0 Å². The minimum Gasteiger partial charge on any atom is -0.493 e. The Labute approximate surface area is 173 Å².